The number of hydrogen-bond donors (Lipinski definition) is 0. The molecule has 0 aromatic rings. The molecule has 0 amide bonds. The number of halogens is 8. The quantitative estimate of drug-likeness (QED) is 0.547. The van der Waals surface area contributed by atoms with E-state index in [-0.39, 0.29) is 10.1 Å². The van der Waals surface area contributed by atoms with Gasteiger partial charge in [-0.1, -0.05) is 69.6 Å². The number of allylic oxidation sites excluding steroid dienone is 2. The van der Waals surface area contributed by atoms with Gasteiger partial charge in [0.15, 0.2) is 8.67 Å². The van der Waals surface area contributed by atoms with Gasteiger partial charge >= 0.3 is 0 Å². The van der Waals surface area contributed by atoms with E-state index in [1.165, 1.54) is 0 Å². The van der Waals surface area contributed by atoms with E-state index in [4.69, 9.17) is 92.8 Å². The molecule has 1 aliphatic carbocycles. The molecule has 1 atom stereocenters. The van der Waals surface area contributed by atoms with Gasteiger partial charge in [0, 0.05) is 5.03 Å². The molecule has 0 radical (unpaired) electrons. The Balaban J connectivity index is 3.25. The van der Waals surface area contributed by atoms with Crippen molar-refractivity contribution >= 4 is 92.8 Å². The van der Waals surface area contributed by atoms with Crippen LogP contribution in [0.1, 0.15) is 0 Å². The Morgan fingerprint density at radius 3 is 1.57 bits per heavy atom. The lowest BCUT2D eigenvalue weighted by molar-refractivity contribution is 0.607. The van der Waals surface area contributed by atoms with Crippen LogP contribution in [-0.2, 0) is 0 Å². The van der Waals surface area contributed by atoms with Gasteiger partial charge in [0.2, 0.25) is 0 Å². The Bertz CT molecular complexity index is 278. The summed E-state index contributed by atoms with van der Waals surface area (Å²) >= 11 is 46.5. The van der Waals surface area contributed by atoms with Crippen LogP contribution < -0.4 is 0 Å². The van der Waals surface area contributed by atoms with Crippen LogP contribution >= 0.6 is 92.8 Å². The van der Waals surface area contributed by atoms with Gasteiger partial charge in [-0.3, -0.25) is 0 Å². The molecule has 8 heteroatoms. The van der Waals surface area contributed by atoms with Gasteiger partial charge in [-0.2, -0.15) is 0 Å². The normalized spacial score (nSPS) is 30.2. The van der Waals surface area contributed by atoms with E-state index in [9.17, 15) is 0 Å². The maximum absolute atomic E-state index is 5.93. The van der Waals surface area contributed by atoms with Gasteiger partial charge < -0.3 is 0 Å². The second kappa shape index (κ2) is 4.38. The predicted molar refractivity (Wildman–Crippen MR) is 66.6 cm³/mol. The van der Waals surface area contributed by atoms with E-state index in [1.54, 1.807) is 0 Å². The van der Waals surface area contributed by atoms with Crippen molar-refractivity contribution in [2.24, 2.45) is 5.92 Å². The SMILES string of the molecule is ClC1=C(Cl)C(Cl)(Cl)C(Cl)(Cl)C1C(Cl)Cl. The molecular formula is C6H2Cl8. The summed E-state index contributed by atoms with van der Waals surface area (Å²) in [6, 6.07) is 0. The summed E-state index contributed by atoms with van der Waals surface area (Å²) in [4.78, 5) is -0.953. The zero-order valence-corrected chi connectivity index (χ0v) is 12.2. The lowest BCUT2D eigenvalue weighted by Crippen LogP contribution is -2.40. The van der Waals surface area contributed by atoms with Crippen LogP contribution in [0, 0.1) is 5.92 Å². The van der Waals surface area contributed by atoms with E-state index in [2.05, 4.69) is 0 Å². The van der Waals surface area contributed by atoms with Gasteiger partial charge in [0.05, 0.1) is 11.0 Å². The molecule has 0 aliphatic heterocycles. The van der Waals surface area contributed by atoms with E-state index in [0.717, 1.165) is 0 Å². The molecule has 14 heavy (non-hydrogen) atoms. The first-order valence-electron chi connectivity index (χ1n) is 3.23. The highest BCUT2D eigenvalue weighted by Crippen LogP contribution is 2.63. The third-order valence-corrected chi connectivity index (χ3v) is 5.92. The van der Waals surface area contributed by atoms with Crippen LogP contribution in [0.3, 0.4) is 0 Å². The average Bonchev–Trinajstić information content (AvgIpc) is 2.10. The van der Waals surface area contributed by atoms with Crippen molar-refractivity contribution in [2.45, 2.75) is 13.5 Å². The van der Waals surface area contributed by atoms with Crippen LogP contribution in [-0.4, -0.2) is 13.5 Å². The molecule has 0 saturated carbocycles. The number of rotatable bonds is 1. The molecule has 1 unspecified atom stereocenters. The molecule has 0 heterocycles. The first-order valence-corrected chi connectivity index (χ1v) is 6.37. The number of alkyl halides is 6. The third kappa shape index (κ3) is 1.95. The second-order valence-electron chi connectivity index (χ2n) is 2.67. The van der Waals surface area contributed by atoms with Crippen LogP contribution in [0.5, 0.6) is 0 Å². The van der Waals surface area contributed by atoms with Gasteiger partial charge in [-0.25, -0.2) is 0 Å². The molecule has 0 aromatic carbocycles. The molecule has 1 aliphatic rings. The highest BCUT2D eigenvalue weighted by atomic mass is 35.5. The van der Waals surface area contributed by atoms with E-state index >= 15 is 0 Å². The minimum absolute atomic E-state index is 0.0520. The van der Waals surface area contributed by atoms with E-state index < -0.39 is 19.4 Å². The summed E-state index contributed by atoms with van der Waals surface area (Å²) in [6.45, 7) is 0. The topological polar surface area (TPSA) is 0 Å². The monoisotopic (exact) mass is 354 g/mol. The lowest BCUT2D eigenvalue weighted by Gasteiger charge is -2.31. The van der Waals surface area contributed by atoms with Crippen molar-refractivity contribution < 1.29 is 0 Å². The van der Waals surface area contributed by atoms with Gasteiger partial charge in [-0.15, -0.1) is 23.2 Å². The highest BCUT2D eigenvalue weighted by molar-refractivity contribution is 6.69. The maximum atomic E-state index is 5.93. The Morgan fingerprint density at radius 2 is 1.43 bits per heavy atom. The molecule has 0 N–H and O–H groups in total. The van der Waals surface area contributed by atoms with Gasteiger partial charge in [0.25, 0.3) is 0 Å². The molecule has 0 fully saturated rings. The molecule has 0 spiro atoms. The van der Waals surface area contributed by atoms with Crippen molar-refractivity contribution in [1.82, 2.24) is 0 Å². The zero-order chi connectivity index (χ0) is 11.3. The Hall–Kier alpha value is 2.06. The fourth-order valence-corrected chi connectivity index (χ4v) is 4.17. The predicted octanol–water partition coefficient (Wildman–Crippen LogP) is 5.46. The molecule has 0 bridgehead atoms. The van der Waals surface area contributed by atoms with Gasteiger partial charge in [0.1, 0.15) is 4.84 Å². The van der Waals surface area contributed by atoms with Crippen molar-refractivity contribution in [1.29, 1.82) is 0 Å². The van der Waals surface area contributed by atoms with Crippen LogP contribution in [0.4, 0.5) is 0 Å². The Kier molecular flexibility index (Phi) is 4.42. The molecule has 0 saturated heterocycles. The second-order valence-corrected chi connectivity index (χ2v) is 7.33. The summed E-state index contributed by atoms with van der Waals surface area (Å²) in [5.41, 5.74) is 0. The third-order valence-electron chi connectivity index (χ3n) is 1.82. The summed E-state index contributed by atoms with van der Waals surface area (Å²) < 4.78 is -3.36. The summed E-state index contributed by atoms with van der Waals surface area (Å²) in [5, 5.41) is 0.0282. The average molecular weight is 358 g/mol. The summed E-state index contributed by atoms with van der Waals surface area (Å²) in [7, 11) is 0. The fourth-order valence-electron chi connectivity index (χ4n) is 1.06. The number of hydrogen-bond acceptors (Lipinski definition) is 0. The molecule has 0 aromatic heterocycles. The highest BCUT2D eigenvalue weighted by Gasteiger charge is 2.63. The summed E-state index contributed by atoms with van der Waals surface area (Å²) in [5.74, 6) is -0.821. The molecule has 0 nitrogen and oxygen atoms in total. The molecule has 82 valence electrons. The molecule has 1 rings (SSSR count). The molecular weight excluding hydrogens is 356 g/mol. The smallest absolute Gasteiger partial charge is 0.105 e. The standard InChI is InChI=1S/C6H2Cl8/c7-2-1(4(9)10)5(11,12)6(13,14)3(2)8/h1,4H. The summed E-state index contributed by atoms with van der Waals surface area (Å²) in [6.07, 6.45) is 0. The van der Waals surface area contributed by atoms with E-state index in [1.807, 2.05) is 0 Å². The largest absolute Gasteiger partial charge is 0.188 e. The first kappa shape index (κ1) is 14.1. The van der Waals surface area contributed by atoms with Crippen LogP contribution in [0.2, 0.25) is 0 Å². The maximum Gasteiger partial charge on any atom is 0.188 e. The Morgan fingerprint density at radius 1 is 1.00 bits per heavy atom. The van der Waals surface area contributed by atoms with Crippen molar-refractivity contribution in [2.75, 3.05) is 0 Å². The van der Waals surface area contributed by atoms with Crippen LogP contribution in [0.15, 0.2) is 10.1 Å². The van der Waals surface area contributed by atoms with Crippen LogP contribution in [0.25, 0.3) is 0 Å². The minimum atomic E-state index is -1.71. The van der Waals surface area contributed by atoms with Crippen molar-refractivity contribution in [3.05, 3.63) is 10.1 Å². The zero-order valence-electron chi connectivity index (χ0n) is 6.18. The fraction of sp³-hybridized carbons (Fsp3) is 0.667. The first-order chi connectivity index (χ1) is 6.14. The van der Waals surface area contributed by atoms with Crippen molar-refractivity contribution in [3.63, 3.8) is 0 Å². The van der Waals surface area contributed by atoms with Crippen molar-refractivity contribution in [3.8, 4) is 0 Å². The van der Waals surface area contributed by atoms with E-state index in [0.29, 0.717) is 0 Å². The minimum Gasteiger partial charge on any atom is -0.105 e. The lowest BCUT2D eigenvalue weighted by atomic mass is 10.1. The Labute approximate surface area is 121 Å². The van der Waals surface area contributed by atoms with Gasteiger partial charge in [-0.05, 0) is 0 Å².